The predicted molar refractivity (Wildman–Crippen MR) is 42.9 cm³/mol. The molecule has 1 fully saturated rings. The highest BCUT2D eigenvalue weighted by Gasteiger charge is 2.09. The maximum absolute atomic E-state index is 5.59. The summed E-state index contributed by atoms with van der Waals surface area (Å²) in [6, 6.07) is 0. The largest absolute Gasteiger partial charge is 0.351 e. The van der Waals surface area contributed by atoms with Gasteiger partial charge in [-0.05, 0) is 12.2 Å². The molecule has 0 bridgehead atoms. The molecule has 9 heavy (non-hydrogen) atoms. The first kappa shape index (κ1) is 7.25. The van der Waals surface area contributed by atoms with Crippen LogP contribution in [-0.4, -0.2) is 35.5 Å². The topological polar surface area (TPSA) is 15.3 Å². The minimum absolute atomic E-state index is 0.497. The minimum atomic E-state index is 0.497. The van der Waals surface area contributed by atoms with Gasteiger partial charge < -0.3 is 10.2 Å². The molecule has 0 unspecified atom stereocenters. The fourth-order valence-corrected chi connectivity index (χ4v) is 1.19. The third kappa shape index (κ3) is 2.08. The lowest BCUT2D eigenvalue weighted by molar-refractivity contribution is 0.367. The standard InChI is InChI=1S/C5H9ClN2S/c6-5(9)8-3-1-7-2-4-8/h7H,1-4H2. The normalized spacial score (nSPS) is 19.9. The molecule has 0 aromatic heterocycles. The Balaban J connectivity index is 2.31. The number of rotatable bonds is 0. The Bertz CT molecular complexity index is 112. The van der Waals surface area contributed by atoms with Gasteiger partial charge in [0.15, 0.2) is 4.45 Å². The van der Waals surface area contributed by atoms with Crippen molar-refractivity contribution in [1.29, 1.82) is 0 Å². The van der Waals surface area contributed by atoms with Crippen molar-refractivity contribution in [2.45, 2.75) is 0 Å². The lowest BCUT2D eigenvalue weighted by atomic mass is 10.4. The van der Waals surface area contributed by atoms with Crippen LogP contribution in [0.5, 0.6) is 0 Å². The number of hydrogen-bond donors (Lipinski definition) is 1. The summed E-state index contributed by atoms with van der Waals surface area (Å²) in [7, 11) is 0. The lowest BCUT2D eigenvalue weighted by Crippen LogP contribution is -2.44. The van der Waals surface area contributed by atoms with Crippen LogP contribution in [0.2, 0.25) is 0 Å². The summed E-state index contributed by atoms with van der Waals surface area (Å²) in [5, 5.41) is 3.21. The highest BCUT2D eigenvalue weighted by atomic mass is 35.5. The first-order valence-electron chi connectivity index (χ1n) is 2.96. The Morgan fingerprint density at radius 1 is 1.44 bits per heavy atom. The average molecular weight is 165 g/mol. The molecule has 1 rings (SSSR count). The van der Waals surface area contributed by atoms with E-state index in [1.165, 1.54) is 0 Å². The summed E-state index contributed by atoms with van der Waals surface area (Å²) >= 11 is 10.4. The van der Waals surface area contributed by atoms with Crippen LogP contribution in [-0.2, 0) is 0 Å². The monoisotopic (exact) mass is 164 g/mol. The quantitative estimate of drug-likeness (QED) is 0.317. The zero-order valence-corrected chi connectivity index (χ0v) is 6.63. The van der Waals surface area contributed by atoms with Gasteiger partial charge in [0, 0.05) is 26.2 Å². The van der Waals surface area contributed by atoms with E-state index in [0.29, 0.717) is 4.45 Å². The summed E-state index contributed by atoms with van der Waals surface area (Å²) in [6.07, 6.45) is 0. The van der Waals surface area contributed by atoms with Gasteiger partial charge in [0.2, 0.25) is 0 Å². The van der Waals surface area contributed by atoms with Gasteiger partial charge in [-0.2, -0.15) is 0 Å². The summed E-state index contributed by atoms with van der Waals surface area (Å²) in [4.78, 5) is 1.99. The maximum atomic E-state index is 5.59. The van der Waals surface area contributed by atoms with E-state index in [0.717, 1.165) is 26.2 Å². The highest BCUT2D eigenvalue weighted by Crippen LogP contribution is 1.97. The van der Waals surface area contributed by atoms with Gasteiger partial charge in [-0.3, -0.25) is 0 Å². The van der Waals surface area contributed by atoms with E-state index in [4.69, 9.17) is 23.8 Å². The summed E-state index contributed by atoms with van der Waals surface area (Å²) in [6.45, 7) is 3.88. The Morgan fingerprint density at radius 3 is 2.33 bits per heavy atom. The van der Waals surface area contributed by atoms with Crippen molar-refractivity contribution in [2.75, 3.05) is 26.2 Å². The van der Waals surface area contributed by atoms with E-state index in [9.17, 15) is 0 Å². The summed E-state index contributed by atoms with van der Waals surface area (Å²) in [5.74, 6) is 0. The zero-order valence-electron chi connectivity index (χ0n) is 5.06. The molecule has 1 N–H and O–H groups in total. The molecule has 0 saturated carbocycles. The van der Waals surface area contributed by atoms with E-state index in [1.54, 1.807) is 0 Å². The molecule has 1 aliphatic heterocycles. The maximum Gasteiger partial charge on any atom is 0.170 e. The van der Waals surface area contributed by atoms with Crippen LogP contribution in [0.1, 0.15) is 0 Å². The molecular formula is C5H9ClN2S. The molecule has 52 valence electrons. The number of nitrogens with zero attached hydrogens (tertiary/aromatic N) is 1. The molecule has 0 radical (unpaired) electrons. The molecule has 1 saturated heterocycles. The fourth-order valence-electron chi connectivity index (χ4n) is 0.841. The molecule has 2 nitrogen and oxygen atoms in total. The second-order valence-electron chi connectivity index (χ2n) is 1.99. The Morgan fingerprint density at radius 2 is 2.00 bits per heavy atom. The average Bonchev–Trinajstić information content (AvgIpc) is 1.90. The van der Waals surface area contributed by atoms with Crippen LogP contribution >= 0.6 is 23.8 Å². The van der Waals surface area contributed by atoms with Crippen molar-refractivity contribution in [2.24, 2.45) is 0 Å². The first-order valence-corrected chi connectivity index (χ1v) is 3.74. The second-order valence-corrected chi connectivity index (χ2v) is 2.96. The molecule has 0 aromatic rings. The van der Waals surface area contributed by atoms with Gasteiger partial charge in [0.05, 0.1) is 0 Å². The molecule has 4 heteroatoms. The first-order chi connectivity index (χ1) is 4.30. The Labute approximate surface area is 65.2 Å². The number of hydrogen-bond acceptors (Lipinski definition) is 2. The fraction of sp³-hybridized carbons (Fsp3) is 0.800. The van der Waals surface area contributed by atoms with Crippen molar-refractivity contribution >= 4 is 28.3 Å². The lowest BCUT2D eigenvalue weighted by Gasteiger charge is -2.26. The third-order valence-electron chi connectivity index (χ3n) is 1.37. The molecule has 1 heterocycles. The minimum Gasteiger partial charge on any atom is -0.351 e. The Kier molecular flexibility index (Phi) is 2.69. The number of halogens is 1. The van der Waals surface area contributed by atoms with Crippen LogP contribution in [0.15, 0.2) is 0 Å². The van der Waals surface area contributed by atoms with Gasteiger partial charge in [-0.1, -0.05) is 11.6 Å². The van der Waals surface area contributed by atoms with Crippen LogP contribution < -0.4 is 5.32 Å². The van der Waals surface area contributed by atoms with Gasteiger partial charge in [0.25, 0.3) is 0 Å². The van der Waals surface area contributed by atoms with Crippen molar-refractivity contribution in [3.63, 3.8) is 0 Å². The third-order valence-corrected chi connectivity index (χ3v) is 1.86. The van der Waals surface area contributed by atoms with Gasteiger partial charge in [0.1, 0.15) is 0 Å². The molecule has 1 aliphatic rings. The van der Waals surface area contributed by atoms with Crippen molar-refractivity contribution in [1.82, 2.24) is 10.2 Å². The number of piperazine rings is 1. The van der Waals surface area contributed by atoms with Crippen LogP contribution in [0.25, 0.3) is 0 Å². The molecular weight excluding hydrogens is 156 g/mol. The van der Waals surface area contributed by atoms with Crippen LogP contribution in [0.4, 0.5) is 0 Å². The van der Waals surface area contributed by atoms with Crippen molar-refractivity contribution < 1.29 is 0 Å². The summed E-state index contributed by atoms with van der Waals surface area (Å²) < 4.78 is 0.497. The van der Waals surface area contributed by atoms with Crippen LogP contribution in [0.3, 0.4) is 0 Å². The van der Waals surface area contributed by atoms with E-state index in [1.807, 2.05) is 4.90 Å². The van der Waals surface area contributed by atoms with Gasteiger partial charge in [-0.25, -0.2) is 0 Å². The predicted octanol–water partition coefficient (Wildman–Crippen LogP) is 0.415. The molecule has 0 spiro atoms. The number of thiocarbonyl (C=S) groups is 1. The van der Waals surface area contributed by atoms with Crippen molar-refractivity contribution in [3.8, 4) is 0 Å². The van der Waals surface area contributed by atoms with Crippen molar-refractivity contribution in [3.05, 3.63) is 0 Å². The smallest absolute Gasteiger partial charge is 0.170 e. The van der Waals surface area contributed by atoms with Gasteiger partial charge in [-0.15, -0.1) is 0 Å². The van der Waals surface area contributed by atoms with E-state index in [2.05, 4.69) is 5.32 Å². The van der Waals surface area contributed by atoms with E-state index < -0.39 is 0 Å². The molecule has 0 aliphatic carbocycles. The highest BCUT2D eigenvalue weighted by molar-refractivity contribution is 7.83. The molecule has 0 atom stereocenters. The summed E-state index contributed by atoms with van der Waals surface area (Å²) in [5.41, 5.74) is 0. The van der Waals surface area contributed by atoms with E-state index in [-0.39, 0.29) is 0 Å². The zero-order chi connectivity index (χ0) is 6.69. The van der Waals surface area contributed by atoms with Crippen LogP contribution in [0, 0.1) is 0 Å². The molecule has 0 amide bonds. The Hall–Kier alpha value is 0.140. The second kappa shape index (κ2) is 3.34. The van der Waals surface area contributed by atoms with E-state index >= 15 is 0 Å². The molecule has 0 aromatic carbocycles. The SMILES string of the molecule is S=C(Cl)N1CCNCC1. The number of nitrogens with one attached hydrogen (secondary N) is 1. The van der Waals surface area contributed by atoms with Gasteiger partial charge >= 0.3 is 0 Å².